The summed E-state index contributed by atoms with van der Waals surface area (Å²) >= 11 is 0. The number of amides is 1. The topological polar surface area (TPSA) is 169 Å². The maximum absolute atomic E-state index is 13.0. The van der Waals surface area contributed by atoms with E-state index in [1.54, 1.807) is 0 Å². The molecule has 1 aliphatic heterocycles. The molecule has 0 aliphatic carbocycles. The van der Waals surface area contributed by atoms with Crippen LogP contribution in [0, 0.1) is 0 Å². The number of aliphatic hydroxyl groups excluding tert-OH is 6. The molecule has 0 aromatic rings. The molecule has 10 heteroatoms. The summed E-state index contributed by atoms with van der Waals surface area (Å²) in [6, 6.07) is -0.886. The highest BCUT2D eigenvalue weighted by molar-refractivity contribution is 5.80. The summed E-state index contributed by atoms with van der Waals surface area (Å²) in [4.78, 5) is 13.0. The van der Waals surface area contributed by atoms with E-state index in [4.69, 9.17) is 9.47 Å². The van der Waals surface area contributed by atoms with Crippen molar-refractivity contribution in [2.45, 2.75) is 262 Å². The molecule has 54 heavy (non-hydrogen) atoms. The number of nitrogens with one attached hydrogen (secondary N) is 1. The van der Waals surface area contributed by atoms with Gasteiger partial charge in [-0.2, -0.15) is 0 Å². The van der Waals surface area contributed by atoms with E-state index in [9.17, 15) is 35.4 Å². The second-order valence-electron chi connectivity index (χ2n) is 16.4. The zero-order valence-corrected chi connectivity index (χ0v) is 34.9. The van der Waals surface area contributed by atoms with Crippen molar-refractivity contribution in [3.05, 3.63) is 0 Å². The molecular weight excluding hydrogens is 686 g/mol. The predicted octanol–water partition coefficient (Wildman–Crippen LogP) is 8.14. The number of unbranched alkanes of at least 4 members (excludes halogenated alkanes) is 27. The first-order valence-corrected chi connectivity index (χ1v) is 22.8. The van der Waals surface area contributed by atoms with Crippen LogP contribution in [-0.2, 0) is 14.3 Å². The number of carbonyl (C=O) groups excluding carboxylic acids is 1. The largest absolute Gasteiger partial charge is 0.394 e. The van der Waals surface area contributed by atoms with Gasteiger partial charge in [0.25, 0.3) is 0 Å². The minimum Gasteiger partial charge on any atom is -0.394 e. The fraction of sp³-hybridized carbons (Fsp3) is 0.977. The molecule has 0 radical (unpaired) electrons. The molecule has 1 rings (SSSR count). The van der Waals surface area contributed by atoms with Gasteiger partial charge in [0, 0.05) is 0 Å². The van der Waals surface area contributed by atoms with E-state index in [-0.39, 0.29) is 6.61 Å². The first kappa shape index (κ1) is 51.2. The smallest absolute Gasteiger partial charge is 0.249 e. The van der Waals surface area contributed by atoms with Crippen LogP contribution in [0.4, 0.5) is 0 Å². The van der Waals surface area contributed by atoms with Crippen molar-refractivity contribution in [3.63, 3.8) is 0 Å². The Kier molecular flexibility index (Phi) is 33.5. The monoisotopic (exact) mass is 774 g/mol. The highest BCUT2D eigenvalue weighted by Gasteiger charge is 2.44. The van der Waals surface area contributed by atoms with Gasteiger partial charge in [-0.15, -0.1) is 0 Å². The van der Waals surface area contributed by atoms with E-state index in [1.165, 1.54) is 141 Å². The van der Waals surface area contributed by atoms with Gasteiger partial charge in [-0.1, -0.05) is 200 Å². The lowest BCUT2D eigenvalue weighted by molar-refractivity contribution is -0.302. The molecule has 0 saturated carbocycles. The average molecular weight is 774 g/mol. The first-order chi connectivity index (χ1) is 26.3. The quantitative estimate of drug-likeness (QED) is 0.0306. The Balaban J connectivity index is 2.35. The van der Waals surface area contributed by atoms with Crippen LogP contribution in [0.5, 0.6) is 0 Å². The zero-order valence-electron chi connectivity index (χ0n) is 34.9. The fourth-order valence-electron chi connectivity index (χ4n) is 7.52. The Morgan fingerprint density at radius 3 is 1.31 bits per heavy atom. The third-order valence-electron chi connectivity index (χ3n) is 11.3. The van der Waals surface area contributed by atoms with Crippen LogP contribution in [-0.4, -0.2) is 98.7 Å². The van der Waals surface area contributed by atoms with E-state index >= 15 is 0 Å². The van der Waals surface area contributed by atoms with Crippen LogP contribution in [0.2, 0.25) is 0 Å². The van der Waals surface area contributed by atoms with Crippen molar-refractivity contribution in [1.82, 2.24) is 5.32 Å². The Morgan fingerprint density at radius 1 is 0.556 bits per heavy atom. The van der Waals surface area contributed by atoms with Crippen molar-refractivity contribution >= 4 is 5.91 Å². The van der Waals surface area contributed by atoms with E-state index in [2.05, 4.69) is 19.2 Å². The predicted molar refractivity (Wildman–Crippen MR) is 218 cm³/mol. The summed E-state index contributed by atoms with van der Waals surface area (Å²) in [5.74, 6) is -0.581. The maximum Gasteiger partial charge on any atom is 0.249 e. The zero-order chi connectivity index (χ0) is 39.7. The third-order valence-corrected chi connectivity index (χ3v) is 11.3. The Hall–Kier alpha value is -0.850. The number of rotatable bonds is 38. The average Bonchev–Trinajstić information content (AvgIpc) is 3.17. The highest BCUT2D eigenvalue weighted by Crippen LogP contribution is 2.23. The van der Waals surface area contributed by atoms with Gasteiger partial charge in [0.05, 0.1) is 25.4 Å². The number of hydrogen-bond donors (Lipinski definition) is 7. The molecule has 0 bridgehead atoms. The molecule has 0 aromatic carbocycles. The number of hydrogen-bond acceptors (Lipinski definition) is 9. The minimum atomic E-state index is -1.59. The Morgan fingerprint density at radius 2 is 0.926 bits per heavy atom. The van der Waals surface area contributed by atoms with Crippen LogP contribution >= 0.6 is 0 Å². The van der Waals surface area contributed by atoms with E-state index < -0.39 is 61.5 Å². The third kappa shape index (κ3) is 25.4. The molecule has 7 N–H and O–H groups in total. The maximum atomic E-state index is 13.0. The molecule has 322 valence electrons. The summed E-state index contributed by atoms with van der Waals surface area (Å²) in [5.41, 5.74) is 0. The molecule has 1 saturated heterocycles. The van der Waals surface area contributed by atoms with Crippen molar-refractivity contribution in [2.24, 2.45) is 0 Å². The van der Waals surface area contributed by atoms with Gasteiger partial charge in [0.15, 0.2) is 6.29 Å². The second kappa shape index (κ2) is 35.3. The van der Waals surface area contributed by atoms with Crippen molar-refractivity contribution in [3.8, 4) is 0 Å². The number of ether oxygens (including phenoxy) is 2. The molecule has 0 aromatic heterocycles. The molecule has 8 unspecified atom stereocenters. The Labute approximate surface area is 330 Å². The molecule has 1 heterocycles. The van der Waals surface area contributed by atoms with Crippen LogP contribution in [0.1, 0.15) is 213 Å². The summed E-state index contributed by atoms with van der Waals surface area (Å²) < 4.78 is 11.2. The van der Waals surface area contributed by atoms with Gasteiger partial charge in [0.1, 0.15) is 30.5 Å². The van der Waals surface area contributed by atoms with Crippen LogP contribution in [0.25, 0.3) is 0 Å². The first-order valence-electron chi connectivity index (χ1n) is 22.8. The molecule has 1 fully saturated rings. The summed E-state index contributed by atoms with van der Waals surface area (Å²) in [5, 5.41) is 64.7. The van der Waals surface area contributed by atoms with E-state index in [1.807, 2.05) is 0 Å². The molecular formula is C44H87NO9. The molecule has 0 spiro atoms. The van der Waals surface area contributed by atoms with Crippen LogP contribution < -0.4 is 5.32 Å². The van der Waals surface area contributed by atoms with Gasteiger partial charge in [-0.05, 0) is 12.8 Å². The van der Waals surface area contributed by atoms with Gasteiger partial charge in [0.2, 0.25) is 5.91 Å². The number of aliphatic hydroxyl groups is 6. The molecule has 10 nitrogen and oxygen atoms in total. The van der Waals surface area contributed by atoms with Gasteiger partial charge in [-0.25, -0.2) is 0 Å². The van der Waals surface area contributed by atoms with Gasteiger partial charge < -0.3 is 45.4 Å². The van der Waals surface area contributed by atoms with Crippen molar-refractivity contribution in [1.29, 1.82) is 0 Å². The Bertz CT molecular complexity index is 834. The van der Waals surface area contributed by atoms with E-state index in [0.29, 0.717) is 12.8 Å². The SMILES string of the molecule is CCCCCCCCCCCCCCCCCCCCC(O)C(=O)NC(COC1OC(CO)C(O)C(O)C1O)C(O)CCCCCCCCCCCCC. The lowest BCUT2D eigenvalue weighted by Gasteiger charge is -2.40. The lowest BCUT2D eigenvalue weighted by Crippen LogP contribution is -2.60. The van der Waals surface area contributed by atoms with Crippen molar-refractivity contribution in [2.75, 3.05) is 13.2 Å². The van der Waals surface area contributed by atoms with Gasteiger partial charge in [-0.3, -0.25) is 4.79 Å². The van der Waals surface area contributed by atoms with Crippen LogP contribution in [0.15, 0.2) is 0 Å². The molecule has 8 atom stereocenters. The normalized spacial score (nSPS) is 22.0. The summed E-state index contributed by atoms with van der Waals surface area (Å²) in [7, 11) is 0. The highest BCUT2D eigenvalue weighted by atomic mass is 16.7. The van der Waals surface area contributed by atoms with E-state index in [0.717, 1.165) is 44.9 Å². The summed E-state index contributed by atoms with van der Waals surface area (Å²) in [6.07, 6.45) is 27.3. The second-order valence-corrected chi connectivity index (χ2v) is 16.4. The van der Waals surface area contributed by atoms with Crippen molar-refractivity contribution < 1.29 is 44.9 Å². The minimum absolute atomic E-state index is 0.250. The molecule has 1 amide bonds. The van der Waals surface area contributed by atoms with Crippen LogP contribution in [0.3, 0.4) is 0 Å². The molecule has 1 aliphatic rings. The summed E-state index contributed by atoms with van der Waals surface area (Å²) in [6.45, 7) is 3.66. The standard InChI is InChI=1S/C44H87NO9/c1-3-5-7-9-11-13-15-16-17-18-19-20-21-23-25-27-29-31-33-38(48)43(52)45-36(35-53-44-42(51)41(50)40(49)39(34-46)54-44)37(47)32-30-28-26-24-22-14-12-10-8-6-4-2/h36-42,44,46-51H,3-35H2,1-2H3,(H,45,52). The lowest BCUT2D eigenvalue weighted by atomic mass is 9.99. The van der Waals surface area contributed by atoms with Gasteiger partial charge >= 0.3 is 0 Å². The fourth-order valence-corrected chi connectivity index (χ4v) is 7.52. The number of carbonyl (C=O) groups is 1.